The summed E-state index contributed by atoms with van der Waals surface area (Å²) in [5, 5.41) is 12.6. The van der Waals surface area contributed by atoms with Crippen molar-refractivity contribution in [2.75, 3.05) is 33.9 Å². The highest BCUT2D eigenvalue weighted by Gasteiger charge is 2.16. The van der Waals surface area contributed by atoms with E-state index in [2.05, 4.69) is 17.1 Å². The van der Waals surface area contributed by atoms with Gasteiger partial charge in [0.2, 0.25) is 5.91 Å². The molecule has 7 nitrogen and oxygen atoms in total. The Hall–Kier alpha value is -2.77. The van der Waals surface area contributed by atoms with E-state index in [1.807, 2.05) is 24.3 Å². The maximum absolute atomic E-state index is 12.5. The van der Waals surface area contributed by atoms with Gasteiger partial charge in [-0.1, -0.05) is 23.7 Å². The lowest BCUT2D eigenvalue weighted by atomic mass is 10.1. The normalized spacial score (nSPS) is 11.8. The SMILES string of the molecule is COc1ccc(OC)c(CC(=O)NCCCN(CCCC(=O)O)C(C)c2ccc(Cl)cc2)c1. The average Bonchev–Trinajstić information content (AvgIpc) is 2.80. The average molecular weight is 477 g/mol. The maximum Gasteiger partial charge on any atom is 0.303 e. The molecule has 2 rings (SSSR count). The molecule has 0 saturated heterocycles. The van der Waals surface area contributed by atoms with E-state index < -0.39 is 5.97 Å². The number of ether oxygens (including phenoxy) is 2. The van der Waals surface area contributed by atoms with Crippen molar-refractivity contribution in [2.45, 2.75) is 38.6 Å². The molecule has 0 aliphatic carbocycles. The summed E-state index contributed by atoms with van der Waals surface area (Å²) in [5.74, 6) is 0.429. The van der Waals surface area contributed by atoms with E-state index in [1.54, 1.807) is 32.4 Å². The third kappa shape index (κ3) is 8.94. The molecule has 0 fully saturated rings. The third-order valence-corrected chi connectivity index (χ3v) is 5.77. The minimum atomic E-state index is -0.797. The molecule has 2 aromatic rings. The fraction of sp³-hybridized carbons (Fsp3) is 0.440. The van der Waals surface area contributed by atoms with Gasteiger partial charge < -0.3 is 19.9 Å². The van der Waals surface area contributed by atoms with E-state index in [0.717, 1.165) is 24.1 Å². The van der Waals surface area contributed by atoms with Gasteiger partial charge in [-0.3, -0.25) is 14.5 Å². The molecule has 1 atom stereocenters. The van der Waals surface area contributed by atoms with Gasteiger partial charge in [0.15, 0.2) is 0 Å². The van der Waals surface area contributed by atoms with Crippen molar-refractivity contribution in [1.29, 1.82) is 0 Å². The number of carbonyl (C=O) groups excluding carboxylic acids is 1. The maximum atomic E-state index is 12.5. The summed E-state index contributed by atoms with van der Waals surface area (Å²) in [6, 6.07) is 13.2. The third-order valence-electron chi connectivity index (χ3n) is 5.52. The topological polar surface area (TPSA) is 88.1 Å². The highest BCUT2D eigenvalue weighted by atomic mass is 35.5. The van der Waals surface area contributed by atoms with Gasteiger partial charge in [-0.2, -0.15) is 0 Å². The number of amides is 1. The Kier molecular flexibility index (Phi) is 11.0. The molecule has 0 bridgehead atoms. The lowest BCUT2D eigenvalue weighted by Gasteiger charge is -2.29. The fourth-order valence-electron chi connectivity index (χ4n) is 3.65. The first-order valence-electron chi connectivity index (χ1n) is 11.0. The number of carboxylic acids is 1. The van der Waals surface area contributed by atoms with Gasteiger partial charge in [-0.25, -0.2) is 0 Å². The van der Waals surface area contributed by atoms with Crippen LogP contribution in [-0.4, -0.2) is 55.7 Å². The molecular weight excluding hydrogens is 444 g/mol. The van der Waals surface area contributed by atoms with Crippen LogP contribution in [0.3, 0.4) is 0 Å². The number of carbonyl (C=O) groups is 2. The van der Waals surface area contributed by atoms with Crippen molar-refractivity contribution in [1.82, 2.24) is 10.2 Å². The summed E-state index contributed by atoms with van der Waals surface area (Å²) in [5.41, 5.74) is 1.88. The summed E-state index contributed by atoms with van der Waals surface area (Å²) in [4.78, 5) is 25.6. The monoisotopic (exact) mass is 476 g/mol. The second-order valence-corrected chi connectivity index (χ2v) is 8.26. The van der Waals surface area contributed by atoms with Crippen LogP contribution in [0.25, 0.3) is 0 Å². The van der Waals surface area contributed by atoms with Crippen molar-refractivity contribution in [3.63, 3.8) is 0 Å². The van der Waals surface area contributed by atoms with E-state index >= 15 is 0 Å². The minimum Gasteiger partial charge on any atom is -0.497 e. The van der Waals surface area contributed by atoms with Gasteiger partial charge in [0.1, 0.15) is 11.5 Å². The Labute approximate surface area is 200 Å². The second kappa shape index (κ2) is 13.7. The van der Waals surface area contributed by atoms with Gasteiger partial charge >= 0.3 is 5.97 Å². The van der Waals surface area contributed by atoms with Gasteiger partial charge in [0.25, 0.3) is 0 Å². The van der Waals surface area contributed by atoms with E-state index in [9.17, 15) is 9.59 Å². The summed E-state index contributed by atoms with van der Waals surface area (Å²) < 4.78 is 10.6. The lowest BCUT2D eigenvalue weighted by Crippen LogP contribution is -2.33. The van der Waals surface area contributed by atoms with Crippen LogP contribution < -0.4 is 14.8 Å². The molecule has 33 heavy (non-hydrogen) atoms. The zero-order valence-electron chi connectivity index (χ0n) is 19.5. The number of nitrogens with zero attached hydrogens (tertiary/aromatic N) is 1. The van der Waals surface area contributed by atoms with Crippen LogP contribution >= 0.6 is 11.6 Å². The number of aliphatic carboxylic acids is 1. The first-order chi connectivity index (χ1) is 15.8. The minimum absolute atomic E-state index is 0.0928. The van der Waals surface area contributed by atoms with Gasteiger partial charge in [-0.05, 0) is 62.2 Å². The Morgan fingerprint density at radius 1 is 1.06 bits per heavy atom. The summed E-state index contributed by atoms with van der Waals surface area (Å²) in [7, 11) is 3.16. The van der Waals surface area contributed by atoms with Crippen LogP contribution in [0.15, 0.2) is 42.5 Å². The molecule has 2 aromatic carbocycles. The quantitative estimate of drug-likeness (QED) is 0.394. The predicted molar refractivity (Wildman–Crippen MR) is 129 cm³/mol. The number of rotatable bonds is 14. The first kappa shape index (κ1) is 26.5. The number of hydrogen-bond donors (Lipinski definition) is 2. The molecule has 1 amide bonds. The molecule has 0 aliphatic rings. The van der Waals surface area contributed by atoms with Crippen LogP contribution in [0, 0.1) is 0 Å². The number of benzene rings is 2. The molecule has 180 valence electrons. The molecule has 1 unspecified atom stereocenters. The second-order valence-electron chi connectivity index (χ2n) is 7.82. The van der Waals surface area contributed by atoms with Crippen LogP contribution in [-0.2, 0) is 16.0 Å². The number of hydrogen-bond acceptors (Lipinski definition) is 5. The van der Waals surface area contributed by atoms with Gasteiger partial charge in [-0.15, -0.1) is 0 Å². The van der Waals surface area contributed by atoms with Crippen LogP contribution in [0.2, 0.25) is 5.02 Å². The molecule has 0 aromatic heterocycles. The highest BCUT2D eigenvalue weighted by Crippen LogP contribution is 2.25. The molecule has 0 heterocycles. The predicted octanol–water partition coefficient (Wildman–Crippen LogP) is 4.33. The molecule has 8 heteroatoms. The Bertz CT molecular complexity index is 904. The standard InChI is InChI=1S/C25H33ClN2O5/c1-18(19-7-9-21(26)10-8-19)28(14-4-6-25(30)31)15-5-13-27-24(29)17-20-16-22(32-2)11-12-23(20)33-3/h7-12,16,18H,4-6,13-15,17H2,1-3H3,(H,27,29)(H,30,31). The summed E-state index contributed by atoms with van der Waals surface area (Å²) >= 11 is 6.01. The molecule has 0 spiro atoms. The fourth-order valence-corrected chi connectivity index (χ4v) is 3.78. The smallest absolute Gasteiger partial charge is 0.303 e. The van der Waals surface area contributed by atoms with Crippen LogP contribution in [0.4, 0.5) is 0 Å². The Morgan fingerprint density at radius 3 is 2.39 bits per heavy atom. The molecule has 0 aliphatic heterocycles. The van der Waals surface area contributed by atoms with Gasteiger partial charge in [0.05, 0.1) is 20.6 Å². The van der Waals surface area contributed by atoms with E-state index in [1.165, 1.54) is 0 Å². The largest absolute Gasteiger partial charge is 0.497 e. The Balaban J connectivity index is 1.89. The van der Waals surface area contributed by atoms with Crippen molar-refractivity contribution < 1.29 is 24.2 Å². The zero-order chi connectivity index (χ0) is 24.2. The number of carboxylic acid groups (broad SMARTS) is 1. The van der Waals surface area contributed by atoms with Crippen molar-refractivity contribution in [2.24, 2.45) is 0 Å². The molecule has 0 radical (unpaired) electrons. The first-order valence-corrected chi connectivity index (χ1v) is 11.4. The van der Waals surface area contributed by atoms with Crippen LogP contribution in [0.1, 0.15) is 43.4 Å². The zero-order valence-corrected chi connectivity index (χ0v) is 20.2. The molecule has 0 saturated carbocycles. The lowest BCUT2D eigenvalue weighted by molar-refractivity contribution is -0.137. The van der Waals surface area contributed by atoms with Gasteiger partial charge in [0, 0.05) is 36.1 Å². The number of halogens is 1. The van der Waals surface area contributed by atoms with E-state index in [4.69, 9.17) is 26.2 Å². The summed E-state index contributed by atoms with van der Waals surface area (Å²) in [6.45, 7) is 4.00. The van der Waals surface area contributed by atoms with Crippen molar-refractivity contribution in [3.8, 4) is 11.5 Å². The molecular formula is C25H33ClN2O5. The molecule has 2 N–H and O–H groups in total. The van der Waals surface area contributed by atoms with E-state index in [-0.39, 0.29) is 24.8 Å². The highest BCUT2D eigenvalue weighted by molar-refractivity contribution is 6.30. The van der Waals surface area contributed by atoms with Crippen molar-refractivity contribution >= 4 is 23.5 Å². The summed E-state index contributed by atoms with van der Waals surface area (Å²) in [6.07, 6.45) is 1.63. The van der Waals surface area contributed by atoms with Crippen molar-refractivity contribution in [3.05, 3.63) is 58.6 Å². The Morgan fingerprint density at radius 2 is 1.76 bits per heavy atom. The van der Waals surface area contributed by atoms with E-state index in [0.29, 0.717) is 36.0 Å². The number of methoxy groups -OCH3 is 2. The number of nitrogens with one attached hydrogen (secondary N) is 1. The van der Waals surface area contributed by atoms with Crippen LogP contribution in [0.5, 0.6) is 11.5 Å².